The molecule has 1 fully saturated rings. The smallest absolute Gasteiger partial charge is 0.254 e. The van der Waals surface area contributed by atoms with E-state index in [2.05, 4.69) is 5.32 Å². The number of rotatable bonds is 6. The van der Waals surface area contributed by atoms with Gasteiger partial charge in [-0.05, 0) is 29.8 Å². The van der Waals surface area contributed by atoms with E-state index in [1.54, 1.807) is 42.2 Å². The Balaban J connectivity index is 1.61. The second-order valence-corrected chi connectivity index (χ2v) is 8.75. The van der Waals surface area contributed by atoms with Crippen molar-refractivity contribution in [1.29, 1.82) is 0 Å². The third-order valence-electron chi connectivity index (χ3n) is 4.83. The highest BCUT2D eigenvalue weighted by molar-refractivity contribution is 7.92. The number of amides is 2. The molecule has 2 aromatic carbocycles. The molecule has 0 bridgehead atoms. The van der Waals surface area contributed by atoms with E-state index in [1.807, 2.05) is 30.3 Å². The number of hydrogen-bond acceptors (Lipinski definition) is 4. The molecule has 8 heteroatoms. The predicted octanol–water partition coefficient (Wildman–Crippen LogP) is 2.79. The van der Waals surface area contributed by atoms with Gasteiger partial charge in [-0.2, -0.15) is 4.31 Å². The summed E-state index contributed by atoms with van der Waals surface area (Å²) < 4.78 is 26.5. The molecule has 1 N–H and O–H groups in total. The summed E-state index contributed by atoms with van der Waals surface area (Å²) in [6.07, 6.45) is 1.93. The quantitative estimate of drug-likeness (QED) is 0.768. The van der Waals surface area contributed by atoms with Crippen molar-refractivity contribution in [3.05, 3.63) is 71.1 Å². The molecular formula is C22H25N3O4S. The van der Waals surface area contributed by atoms with Gasteiger partial charge in [-0.1, -0.05) is 43.3 Å². The summed E-state index contributed by atoms with van der Waals surface area (Å²) >= 11 is 0. The standard InChI is InChI=1S/C22H25N3O4S/c1-2-21(26)23-20-10-6-9-19(17-20)22(27)24-12-14-25(15-13-24)30(28,29)16-11-18-7-4-3-5-8-18/h3-11,16-17H,2,12-15H2,1H3,(H,23,26)/b16-11+. The molecule has 1 saturated heterocycles. The van der Waals surface area contributed by atoms with Crippen LogP contribution in [0.5, 0.6) is 0 Å². The largest absolute Gasteiger partial charge is 0.336 e. The minimum absolute atomic E-state index is 0.123. The van der Waals surface area contributed by atoms with Gasteiger partial charge in [0.25, 0.3) is 5.91 Å². The molecule has 1 aliphatic rings. The fraction of sp³-hybridized carbons (Fsp3) is 0.273. The van der Waals surface area contributed by atoms with E-state index in [-0.39, 0.29) is 24.9 Å². The van der Waals surface area contributed by atoms with E-state index in [4.69, 9.17) is 0 Å². The molecule has 2 amide bonds. The Morgan fingerprint density at radius 1 is 1.00 bits per heavy atom. The third kappa shape index (κ3) is 5.55. The number of nitrogens with one attached hydrogen (secondary N) is 1. The number of piperazine rings is 1. The van der Waals surface area contributed by atoms with Crippen LogP contribution in [0.15, 0.2) is 60.0 Å². The Bertz CT molecular complexity index is 1030. The summed E-state index contributed by atoms with van der Waals surface area (Å²) in [5.41, 5.74) is 1.84. The van der Waals surface area contributed by atoms with Crippen LogP contribution >= 0.6 is 0 Å². The number of anilines is 1. The molecule has 30 heavy (non-hydrogen) atoms. The van der Waals surface area contributed by atoms with Gasteiger partial charge < -0.3 is 10.2 Å². The zero-order valence-corrected chi connectivity index (χ0v) is 17.6. The van der Waals surface area contributed by atoms with Crippen molar-refractivity contribution in [1.82, 2.24) is 9.21 Å². The summed E-state index contributed by atoms with van der Waals surface area (Å²) in [4.78, 5) is 26.0. The maximum atomic E-state index is 12.8. The van der Waals surface area contributed by atoms with Crippen LogP contribution in [0, 0.1) is 0 Å². The van der Waals surface area contributed by atoms with E-state index in [0.717, 1.165) is 5.56 Å². The van der Waals surface area contributed by atoms with Crippen molar-refractivity contribution in [2.24, 2.45) is 0 Å². The van der Waals surface area contributed by atoms with Crippen molar-refractivity contribution in [3.63, 3.8) is 0 Å². The predicted molar refractivity (Wildman–Crippen MR) is 117 cm³/mol. The molecule has 0 spiro atoms. The maximum Gasteiger partial charge on any atom is 0.254 e. The Labute approximate surface area is 177 Å². The molecule has 0 aliphatic carbocycles. The van der Waals surface area contributed by atoms with Gasteiger partial charge >= 0.3 is 0 Å². The molecule has 0 atom stereocenters. The van der Waals surface area contributed by atoms with Crippen LogP contribution < -0.4 is 5.32 Å². The van der Waals surface area contributed by atoms with Crippen LogP contribution in [-0.2, 0) is 14.8 Å². The summed E-state index contributed by atoms with van der Waals surface area (Å²) in [6, 6.07) is 16.0. The molecule has 1 heterocycles. The highest BCUT2D eigenvalue weighted by Crippen LogP contribution is 2.16. The lowest BCUT2D eigenvalue weighted by Gasteiger charge is -2.33. The van der Waals surface area contributed by atoms with E-state index in [0.29, 0.717) is 30.8 Å². The fourth-order valence-corrected chi connectivity index (χ4v) is 4.30. The van der Waals surface area contributed by atoms with Gasteiger partial charge in [0.1, 0.15) is 0 Å². The maximum absolute atomic E-state index is 12.8. The minimum atomic E-state index is -3.55. The van der Waals surface area contributed by atoms with Gasteiger partial charge in [0.15, 0.2) is 0 Å². The van der Waals surface area contributed by atoms with Crippen molar-refractivity contribution in [2.75, 3.05) is 31.5 Å². The number of carbonyl (C=O) groups is 2. The normalized spacial score (nSPS) is 15.3. The van der Waals surface area contributed by atoms with Crippen molar-refractivity contribution in [2.45, 2.75) is 13.3 Å². The first-order valence-corrected chi connectivity index (χ1v) is 11.3. The van der Waals surface area contributed by atoms with Gasteiger partial charge in [-0.15, -0.1) is 0 Å². The van der Waals surface area contributed by atoms with Crippen LogP contribution in [0.25, 0.3) is 6.08 Å². The highest BCUT2D eigenvalue weighted by atomic mass is 32.2. The van der Waals surface area contributed by atoms with Crippen LogP contribution in [0.3, 0.4) is 0 Å². The number of sulfonamides is 1. The molecule has 0 radical (unpaired) electrons. The van der Waals surface area contributed by atoms with Gasteiger partial charge in [0, 0.05) is 49.3 Å². The highest BCUT2D eigenvalue weighted by Gasteiger charge is 2.27. The Kier molecular flexibility index (Phi) is 7.02. The number of hydrogen-bond donors (Lipinski definition) is 1. The van der Waals surface area contributed by atoms with E-state index >= 15 is 0 Å². The molecule has 158 valence electrons. The van der Waals surface area contributed by atoms with E-state index < -0.39 is 10.0 Å². The molecule has 1 aliphatic heterocycles. The minimum Gasteiger partial charge on any atom is -0.336 e. The second kappa shape index (κ2) is 9.69. The molecule has 0 saturated carbocycles. The summed E-state index contributed by atoms with van der Waals surface area (Å²) in [5, 5.41) is 3.95. The van der Waals surface area contributed by atoms with Crippen molar-refractivity contribution in [3.8, 4) is 0 Å². The molecule has 7 nitrogen and oxygen atoms in total. The Morgan fingerprint density at radius 2 is 1.70 bits per heavy atom. The topological polar surface area (TPSA) is 86.8 Å². The van der Waals surface area contributed by atoms with Gasteiger partial charge in [0.2, 0.25) is 15.9 Å². The number of carbonyl (C=O) groups excluding carboxylic acids is 2. The van der Waals surface area contributed by atoms with Crippen LogP contribution in [-0.4, -0.2) is 55.6 Å². The third-order valence-corrected chi connectivity index (χ3v) is 6.40. The fourth-order valence-electron chi connectivity index (χ4n) is 3.12. The molecular weight excluding hydrogens is 402 g/mol. The van der Waals surface area contributed by atoms with Gasteiger partial charge in [0.05, 0.1) is 0 Å². The molecule has 3 rings (SSSR count). The van der Waals surface area contributed by atoms with Gasteiger partial charge in [-0.3, -0.25) is 9.59 Å². The van der Waals surface area contributed by atoms with Crippen LogP contribution in [0.2, 0.25) is 0 Å². The second-order valence-electron chi connectivity index (χ2n) is 6.93. The van der Waals surface area contributed by atoms with E-state index in [9.17, 15) is 18.0 Å². The zero-order valence-electron chi connectivity index (χ0n) is 16.8. The lowest BCUT2D eigenvalue weighted by Crippen LogP contribution is -2.50. The molecule has 0 unspecified atom stereocenters. The summed E-state index contributed by atoms with van der Waals surface area (Å²) in [6.45, 7) is 2.84. The van der Waals surface area contributed by atoms with Crippen LogP contribution in [0.1, 0.15) is 29.3 Å². The SMILES string of the molecule is CCC(=O)Nc1cccc(C(=O)N2CCN(S(=O)(=O)/C=C/c3ccccc3)CC2)c1. The average Bonchev–Trinajstić information content (AvgIpc) is 2.78. The zero-order chi connectivity index (χ0) is 21.6. The van der Waals surface area contributed by atoms with Crippen molar-refractivity contribution < 1.29 is 18.0 Å². The lowest BCUT2D eigenvalue weighted by atomic mass is 10.1. The summed E-state index contributed by atoms with van der Waals surface area (Å²) in [7, 11) is -3.55. The van der Waals surface area contributed by atoms with E-state index in [1.165, 1.54) is 9.71 Å². The number of benzene rings is 2. The Hall–Kier alpha value is -2.97. The monoisotopic (exact) mass is 427 g/mol. The first kappa shape index (κ1) is 21.7. The first-order chi connectivity index (χ1) is 14.4. The first-order valence-electron chi connectivity index (χ1n) is 9.81. The van der Waals surface area contributed by atoms with Crippen LogP contribution in [0.4, 0.5) is 5.69 Å². The Morgan fingerprint density at radius 3 is 2.37 bits per heavy atom. The summed E-state index contributed by atoms with van der Waals surface area (Å²) in [5.74, 6) is -0.304. The molecule has 2 aromatic rings. The lowest BCUT2D eigenvalue weighted by molar-refractivity contribution is -0.115. The average molecular weight is 428 g/mol. The van der Waals surface area contributed by atoms with Crippen molar-refractivity contribution >= 4 is 33.6 Å². The molecule has 0 aromatic heterocycles. The number of nitrogens with zero attached hydrogens (tertiary/aromatic N) is 2. The van der Waals surface area contributed by atoms with Gasteiger partial charge in [-0.25, -0.2) is 8.42 Å².